The highest BCUT2D eigenvalue weighted by atomic mass is 16.2. The van der Waals surface area contributed by atoms with Crippen LogP contribution in [0.2, 0.25) is 0 Å². The maximum Gasteiger partial charge on any atom is 0.246 e. The van der Waals surface area contributed by atoms with E-state index in [1.807, 2.05) is 16.7 Å². The van der Waals surface area contributed by atoms with Crippen LogP contribution in [0.4, 0.5) is 0 Å². The number of carbonyl (C=O) groups excluding carboxylic acids is 2. The van der Waals surface area contributed by atoms with Gasteiger partial charge in [-0.25, -0.2) is 0 Å². The number of rotatable bonds is 3. The van der Waals surface area contributed by atoms with Crippen LogP contribution in [0.25, 0.3) is 0 Å². The lowest BCUT2D eigenvalue weighted by Crippen LogP contribution is -2.63. The third kappa shape index (κ3) is 1.73. The van der Waals surface area contributed by atoms with E-state index < -0.39 is 0 Å². The monoisotopic (exact) mass is 250 g/mol. The topological polar surface area (TPSA) is 40.6 Å². The van der Waals surface area contributed by atoms with E-state index in [9.17, 15) is 9.59 Å². The molecule has 0 radical (unpaired) electrons. The number of hydrogen-bond donors (Lipinski definition) is 0. The second-order valence-electron chi connectivity index (χ2n) is 6.39. The zero-order chi connectivity index (χ0) is 12.9. The number of piperazine rings is 1. The second-order valence-corrected chi connectivity index (χ2v) is 6.39. The molecule has 2 saturated heterocycles. The Bertz CT molecular complexity index is 389. The molecule has 0 aromatic rings. The Balaban J connectivity index is 1.85. The van der Waals surface area contributed by atoms with Crippen molar-refractivity contribution < 1.29 is 9.59 Å². The molecule has 0 bridgehead atoms. The summed E-state index contributed by atoms with van der Waals surface area (Å²) in [6.07, 6.45) is 4.95. The fourth-order valence-corrected chi connectivity index (χ4v) is 3.32. The van der Waals surface area contributed by atoms with E-state index in [1.165, 1.54) is 12.8 Å². The highest BCUT2D eigenvalue weighted by molar-refractivity contribution is 5.97. The molecule has 1 saturated carbocycles. The first-order valence-electron chi connectivity index (χ1n) is 7.17. The molecule has 1 aliphatic carbocycles. The van der Waals surface area contributed by atoms with Crippen molar-refractivity contribution in [3.8, 4) is 0 Å². The van der Waals surface area contributed by atoms with Gasteiger partial charge in [0, 0.05) is 13.1 Å². The summed E-state index contributed by atoms with van der Waals surface area (Å²) in [5, 5.41) is 0. The standard InChI is InChI=1S/C14H22N2O2/c1-3-10-12(17)15-8-4-5-11(15)13(18)16(10)9-14(2)6-7-14/h10-11H,3-9H2,1-2H3. The first-order valence-corrected chi connectivity index (χ1v) is 7.17. The fourth-order valence-electron chi connectivity index (χ4n) is 3.32. The number of carbonyl (C=O) groups is 2. The van der Waals surface area contributed by atoms with Gasteiger partial charge in [-0.3, -0.25) is 9.59 Å². The molecule has 0 N–H and O–H groups in total. The normalized spacial score (nSPS) is 33.9. The molecule has 100 valence electrons. The van der Waals surface area contributed by atoms with Crippen molar-refractivity contribution in [2.75, 3.05) is 13.1 Å². The van der Waals surface area contributed by atoms with Gasteiger partial charge in [0.2, 0.25) is 11.8 Å². The maximum atomic E-state index is 12.6. The van der Waals surface area contributed by atoms with Gasteiger partial charge in [-0.15, -0.1) is 0 Å². The molecule has 2 amide bonds. The summed E-state index contributed by atoms with van der Waals surface area (Å²) in [6, 6.07) is -0.355. The van der Waals surface area contributed by atoms with Gasteiger partial charge >= 0.3 is 0 Å². The van der Waals surface area contributed by atoms with Gasteiger partial charge in [0.05, 0.1) is 0 Å². The van der Waals surface area contributed by atoms with Crippen LogP contribution >= 0.6 is 0 Å². The van der Waals surface area contributed by atoms with Crippen LogP contribution in [0, 0.1) is 5.41 Å². The third-order valence-corrected chi connectivity index (χ3v) is 4.81. The molecule has 3 aliphatic rings. The average molecular weight is 250 g/mol. The first-order chi connectivity index (χ1) is 8.56. The molecular weight excluding hydrogens is 228 g/mol. The van der Waals surface area contributed by atoms with Gasteiger partial charge in [-0.1, -0.05) is 13.8 Å². The van der Waals surface area contributed by atoms with Crippen LogP contribution in [0.3, 0.4) is 0 Å². The number of nitrogens with zero attached hydrogens (tertiary/aromatic N) is 2. The van der Waals surface area contributed by atoms with Crippen molar-refractivity contribution in [3.05, 3.63) is 0 Å². The van der Waals surface area contributed by atoms with Gasteiger partial charge in [-0.05, 0) is 37.5 Å². The van der Waals surface area contributed by atoms with E-state index in [-0.39, 0.29) is 29.3 Å². The summed E-state index contributed by atoms with van der Waals surface area (Å²) in [4.78, 5) is 28.7. The largest absolute Gasteiger partial charge is 0.329 e. The quantitative estimate of drug-likeness (QED) is 0.759. The molecule has 2 atom stereocenters. The Morgan fingerprint density at radius 1 is 1.28 bits per heavy atom. The van der Waals surface area contributed by atoms with Crippen LogP contribution < -0.4 is 0 Å². The number of fused-ring (bicyclic) bond motifs is 1. The molecule has 0 aromatic heterocycles. The molecule has 4 nitrogen and oxygen atoms in total. The summed E-state index contributed by atoms with van der Waals surface area (Å²) >= 11 is 0. The highest BCUT2D eigenvalue weighted by Gasteiger charge is 2.50. The number of amides is 2. The first kappa shape index (κ1) is 12.0. The van der Waals surface area contributed by atoms with Crippen LogP contribution in [-0.2, 0) is 9.59 Å². The van der Waals surface area contributed by atoms with Crippen LogP contribution in [0.1, 0.15) is 46.0 Å². The highest BCUT2D eigenvalue weighted by Crippen LogP contribution is 2.46. The molecule has 3 rings (SSSR count). The smallest absolute Gasteiger partial charge is 0.246 e. The summed E-state index contributed by atoms with van der Waals surface area (Å²) in [6.45, 7) is 5.78. The van der Waals surface area contributed by atoms with Crippen molar-refractivity contribution in [2.45, 2.75) is 58.0 Å². The fraction of sp³-hybridized carbons (Fsp3) is 0.857. The van der Waals surface area contributed by atoms with Gasteiger partial charge in [0.25, 0.3) is 0 Å². The van der Waals surface area contributed by atoms with Gasteiger partial charge < -0.3 is 9.80 Å². The zero-order valence-electron chi connectivity index (χ0n) is 11.3. The summed E-state index contributed by atoms with van der Waals surface area (Å²) in [5.74, 6) is 0.385. The van der Waals surface area contributed by atoms with Gasteiger partial charge in [0.15, 0.2) is 0 Å². The van der Waals surface area contributed by atoms with E-state index in [2.05, 4.69) is 6.92 Å². The lowest BCUT2D eigenvalue weighted by molar-refractivity contribution is -0.160. The molecule has 2 heterocycles. The van der Waals surface area contributed by atoms with E-state index in [0.29, 0.717) is 0 Å². The van der Waals surface area contributed by atoms with Crippen LogP contribution in [0.15, 0.2) is 0 Å². The van der Waals surface area contributed by atoms with Crippen molar-refractivity contribution in [1.82, 2.24) is 9.80 Å². The molecule has 0 aromatic carbocycles. The Morgan fingerprint density at radius 3 is 2.61 bits per heavy atom. The van der Waals surface area contributed by atoms with Crippen molar-refractivity contribution in [2.24, 2.45) is 5.41 Å². The van der Waals surface area contributed by atoms with Crippen molar-refractivity contribution in [3.63, 3.8) is 0 Å². The molecule has 4 heteroatoms. The third-order valence-electron chi connectivity index (χ3n) is 4.81. The minimum absolute atomic E-state index is 0.150. The minimum atomic E-state index is -0.204. The van der Waals surface area contributed by atoms with Crippen molar-refractivity contribution in [1.29, 1.82) is 0 Å². The Hall–Kier alpha value is -1.06. The molecule has 2 aliphatic heterocycles. The predicted molar refractivity (Wildman–Crippen MR) is 67.9 cm³/mol. The van der Waals surface area contributed by atoms with Crippen LogP contribution in [0.5, 0.6) is 0 Å². The van der Waals surface area contributed by atoms with Crippen molar-refractivity contribution >= 4 is 11.8 Å². The second kappa shape index (κ2) is 3.97. The SMILES string of the molecule is CCC1C(=O)N2CCCC2C(=O)N1CC1(C)CC1. The number of hydrogen-bond acceptors (Lipinski definition) is 2. The lowest BCUT2D eigenvalue weighted by atomic mass is 10.00. The van der Waals surface area contributed by atoms with Gasteiger partial charge in [0.1, 0.15) is 12.1 Å². The van der Waals surface area contributed by atoms with E-state index >= 15 is 0 Å². The summed E-state index contributed by atoms with van der Waals surface area (Å²) in [5.41, 5.74) is 0.282. The lowest BCUT2D eigenvalue weighted by Gasteiger charge is -2.43. The molecule has 0 spiro atoms. The summed E-state index contributed by atoms with van der Waals surface area (Å²) < 4.78 is 0. The van der Waals surface area contributed by atoms with E-state index in [4.69, 9.17) is 0 Å². The maximum absolute atomic E-state index is 12.6. The average Bonchev–Trinajstić information content (AvgIpc) is 2.90. The van der Waals surface area contributed by atoms with E-state index in [0.717, 1.165) is 32.4 Å². The molecular formula is C14H22N2O2. The molecule has 2 unspecified atom stereocenters. The Labute approximate surface area is 108 Å². The zero-order valence-corrected chi connectivity index (χ0v) is 11.3. The molecule has 3 fully saturated rings. The predicted octanol–water partition coefficient (Wildman–Crippen LogP) is 1.40. The molecule has 18 heavy (non-hydrogen) atoms. The van der Waals surface area contributed by atoms with Gasteiger partial charge in [-0.2, -0.15) is 0 Å². The van der Waals surface area contributed by atoms with E-state index in [1.54, 1.807) is 0 Å². The minimum Gasteiger partial charge on any atom is -0.329 e. The van der Waals surface area contributed by atoms with Crippen LogP contribution in [-0.4, -0.2) is 46.8 Å². The summed E-state index contributed by atoms with van der Waals surface area (Å²) in [7, 11) is 0. The Kier molecular flexibility index (Phi) is 2.65. The Morgan fingerprint density at radius 2 is 2.00 bits per heavy atom.